The molecule has 1 aliphatic rings. The zero-order chi connectivity index (χ0) is 17.8. The van der Waals surface area contributed by atoms with Crippen molar-refractivity contribution in [3.8, 4) is 0 Å². The molecule has 3 rings (SSSR count). The molecule has 0 bridgehead atoms. The number of carbonyl (C=O) groups excluding carboxylic acids is 1. The zero-order valence-electron chi connectivity index (χ0n) is 14.0. The van der Waals surface area contributed by atoms with Gasteiger partial charge in [0, 0.05) is 29.6 Å². The van der Waals surface area contributed by atoms with Crippen molar-refractivity contribution in [2.75, 3.05) is 0 Å². The second-order valence-electron chi connectivity index (χ2n) is 6.19. The Kier molecular flexibility index (Phi) is 5.38. The predicted octanol–water partition coefficient (Wildman–Crippen LogP) is 4.27. The first-order valence-electron chi connectivity index (χ1n) is 8.30. The number of nitro groups is 1. The molecule has 1 unspecified atom stereocenters. The summed E-state index contributed by atoms with van der Waals surface area (Å²) in [4.78, 5) is 26.0. The summed E-state index contributed by atoms with van der Waals surface area (Å²) in [5, 5.41) is 10.5. The van der Waals surface area contributed by atoms with Crippen molar-refractivity contribution in [3.05, 3.63) is 70.3 Å². The molecule has 2 aromatic carbocycles. The summed E-state index contributed by atoms with van der Waals surface area (Å²) in [5.74, 6) is 0.120. The number of non-ortho nitro benzene ring substituents is 1. The van der Waals surface area contributed by atoms with Crippen LogP contribution in [-0.4, -0.2) is 27.0 Å². The average molecular weight is 356 g/mol. The summed E-state index contributed by atoms with van der Waals surface area (Å²) in [6.07, 6.45) is 2.13. The highest BCUT2D eigenvalue weighted by Gasteiger charge is 2.34. The van der Waals surface area contributed by atoms with Crippen molar-refractivity contribution in [2.24, 2.45) is 0 Å². The Morgan fingerprint density at radius 3 is 2.40 bits per heavy atom. The lowest BCUT2D eigenvalue weighted by Crippen LogP contribution is -2.37. The van der Waals surface area contributed by atoms with Gasteiger partial charge in [-0.05, 0) is 37.5 Å². The maximum absolute atomic E-state index is 12.9. The van der Waals surface area contributed by atoms with E-state index in [4.69, 9.17) is 0 Å². The Bertz CT molecular complexity index is 745. The van der Waals surface area contributed by atoms with Crippen molar-refractivity contribution in [3.63, 3.8) is 0 Å². The summed E-state index contributed by atoms with van der Waals surface area (Å²) < 4.78 is 0. The number of hydrogen-bond acceptors (Lipinski definition) is 4. The lowest BCUT2D eigenvalue weighted by molar-refractivity contribution is -0.384. The Labute approximate surface area is 151 Å². The van der Waals surface area contributed by atoms with Crippen molar-refractivity contribution in [1.29, 1.82) is 0 Å². The van der Waals surface area contributed by atoms with Gasteiger partial charge in [-0.2, -0.15) is 0 Å². The van der Waals surface area contributed by atoms with Gasteiger partial charge in [-0.25, -0.2) is 0 Å². The summed E-state index contributed by atoms with van der Waals surface area (Å²) in [6, 6.07) is 16.7. The van der Waals surface area contributed by atoms with Gasteiger partial charge >= 0.3 is 0 Å². The van der Waals surface area contributed by atoms with Gasteiger partial charge in [0.15, 0.2) is 0 Å². The van der Waals surface area contributed by atoms with Crippen LogP contribution in [0.2, 0.25) is 0 Å². The normalized spacial score (nSPS) is 14.8. The summed E-state index contributed by atoms with van der Waals surface area (Å²) in [6.45, 7) is 2.53. The molecule has 0 N–H and O–H groups in total. The third-order valence-electron chi connectivity index (χ3n) is 4.17. The van der Waals surface area contributed by atoms with Crippen LogP contribution in [-0.2, 0) is 11.3 Å². The number of hydrogen-bond donors (Lipinski definition) is 0. The number of thioether (sulfide) groups is 1. The van der Waals surface area contributed by atoms with Crippen LogP contribution in [0.4, 0.5) is 5.69 Å². The lowest BCUT2D eigenvalue weighted by Gasteiger charge is -2.25. The van der Waals surface area contributed by atoms with E-state index in [2.05, 4.69) is 0 Å². The summed E-state index contributed by atoms with van der Waals surface area (Å²) >= 11 is 1.44. The monoisotopic (exact) mass is 356 g/mol. The van der Waals surface area contributed by atoms with Crippen molar-refractivity contribution >= 4 is 23.4 Å². The Hall–Kier alpha value is -2.34. The first kappa shape index (κ1) is 17.5. The zero-order valence-corrected chi connectivity index (χ0v) is 14.8. The predicted molar refractivity (Wildman–Crippen MR) is 98.4 cm³/mol. The maximum atomic E-state index is 12.9. The molecule has 1 amide bonds. The quantitative estimate of drug-likeness (QED) is 0.422. The van der Waals surface area contributed by atoms with Gasteiger partial charge in [0.1, 0.15) is 0 Å². The molecule has 0 aliphatic heterocycles. The molecule has 0 aromatic heterocycles. The Balaban J connectivity index is 1.66. The molecular weight excluding hydrogens is 336 g/mol. The smallest absolute Gasteiger partial charge is 0.269 e. The minimum atomic E-state index is -0.419. The van der Waals surface area contributed by atoms with Gasteiger partial charge in [-0.1, -0.05) is 30.3 Å². The van der Waals surface area contributed by atoms with Crippen LogP contribution in [0.15, 0.2) is 59.5 Å². The maximum Gasteiger partial charge on any atom is 0.269 e. The second kappa shape index (κ2) is 7.70. The van der Waals surface area contributed by atoms with Crippen LogP contribution in [0, 0.1) is 10.1 Å². The summed E-state index contributed by atoms with van der Waals surface area (Å²) in [5.41, 5.74) is 1.20. The molecule has 6 heteroatoms. The van der Waals surface area contributed by atoms with Crippen LogP contribution in [0.1, 0.15) is 25.3 Å². The molecule has 0 saturated heterocycles. The molecule has 25 heavy (non-hydrogen) atoms. The van der Waals surface area contributed by atoms with E-state index in [1.54, 1.807) is 12.1 Å². The first-order chi connectivity index (χ1) is 12.0. The SMILES string of the molecule is CC(Sc1ccc([N+](=O)[O-])cc1)C(=O)N(Cc1ccccc1)C1CC1. The van der Waals surface area contributed by atoms with E-state index >= 15 is 0 Å². The van der Waals surface area contributed by atoms with Crippen LogP contribution >= 0.6 is 11.8 Å². The third kappa shape index (κ3) is 4.60. The third-order valence-corrected chi connectivity index (χ3v) is 5.27. The molecule has 0 radical (unpaired) electrons. The van der Waals surface area contributed by atoms with E-state index in [0.717, 1.165) is 23.3 Å². The van der Waals surface area contributed by atoms with Gasteiger partial charge in [0.2, 0.25) is 5.91 Å². The van der Waals surface area contributed by atoms with E-state index in [1.807, 2.05) is 42.2 Å². The molecular formula is C19H20N2O3S. The molecule has 1 saturated carbocycles. The number of nitro benzene ring substituents is 1. The molecule has 130 valence electrons. The van der Waals surface area contributed by atoms with E-state index in [-0.39, 0.29) is 16.8 Å². The number of amides is 1. The molecule has 1 fully saturated rings. The van der Waals surface area contributed by atoms with Gasteiger partial charge in [-0.3, -0.25) is 14.9 Å². The van der Waals surface area contributed by atoms with Crippen molar-refractivity contribution in [1.82, 2.24) is 4.90 Å². The average Bonchev–Trinajstić information content (AvgIpc) is 3.45. The minimum absolute atomic E-state index is 0.0621. The fourth-order valence-electron chi connectivity index (χ4n) is 2.69. The van der Waals surface area contributed by atoms with Gasteiger partial charge < -0.3 is 4.90 Å². The Morgan fingerprint density at radius 1 is 1.20 bits per heavy atom. The van der Waals surface area contributed by atoms with Gasteiger partial charge in [0.05, 0.1) is 10.2 Å². The topological polar surface area (TPSA) is 63.5 Å². The molecule has 1 atom stereocenters. The molecule has 0 spiro atoms. The highest BCUT2D eigenvalue weighted by Crippen LogP contribution is 2.32. The lowest BCUT2D eigenvalue weighted by atomic mass is 10.2. The Morgan fingerprint density at radius 2 is 1.84 bits per heavy atom. The molecule has 0 heterocycles. The molecule has 2 aromatic rings. The number of benzene rings is 2. The van der Waals surface area contributed by atoms with E-state index in [1.165, 1.54) is 23.9 Å². The second-order valence-corrected chi connectivity index (χ2v) is 7.61. The molecule has 5 nitrogen and oxygen atoms in total. The highest BCUT2D eigenvalue weighted by atomic mass is 32.2. The first-order valence-corrected chi connectivity index (χ1v) is 9.18. The van der Waals surface area contributed by atoms with Crippen molar-refractivity contribution < 1.29 is 9.72 Å². The standard InChI is InChI=1S/C19H20N2O3S/c1-14(25-18-11-9-17(10-12-18)21(23)24)19(22)20(16-7-8-16)13-15-5-3-2-4-6-15/h2-6,9-12,14,16H,7-8,13H2,1H3. The number of nitrogens with zero attached hydrogens (tertiary/aromatic N) is 2. The van der Waals surface area contributed by atoms with Crippen LogP contribution in [0.5, 0.6) is 0 Å². The summed E-state index contributed by atoms with van der Waals surface area (Å²) in [7, 11) is 0. The van der Waals surface area contributed by atoms with Crippen LogP contribution in [0.3, 0.4) is 0 Å². The largest absolute Gasteiger partial charge is 0.334 e. The highest BCUT2D eigenvalue weighted by molar-refractivity contribution is 8.00. The van der Waals surface area contributed by atoms with Crippen LogP contribution < -0.4 is 0 Å². The number of rotatable bonds is 7. The fourth-order valence-corrected chi connectivity index (χ4v) is 3.63. The van der Waals surface area contributed by atoms with E-state index < -0.39 is 4.92 Å². The van der Waals surface area contributed by atoms with Crippen molar-refractivity contribution in [2.45, 2.75) is 42.5 Å². The number of carbonyl (C=O) groups is 1. The minimum Gasteiger partial charge on any atom is -0.334 e. The van der Waals surface area contributed by atoms with Gasteiger partial charge in [-0.15, -0.1) is 11.8 Å². The van der Waals surface area contributed by atoms with Gasteiger partial charge in [0.25, 0.3) is 5.69 Å². The van der Waals surface area contributed by atoms with Crippen LogP contribution in [0.25, 0.3) is 0 Å². The van der Waals surface area contributed by atoms with E-state index in [9.17, 15) is 14.9 Å². The van der Waals surface area contributed by atoms with E-state index in [0.29, 0.717) is 12.6 Å². The molecule has 1 aliphatic carbocycles. The fraction of sp³-hybridized carbons (Fsp3) is 0.316.